The van der Waals surface area contributed by atoms with Crippen molar-refractivity contribution < 1.29 is 9.50 Å². The molecular weight excluding hydrogens is 241 g/mol. The van der Waals surface area contributed by atoms with Gasteiger partial charge in [-0.15, -0.1) is 0 Å². The zero-order valence-corrected chi connectivity index (χ0v) is 10.7. The van der Waals surface area contributed by atoms with Crippen molar-refractivity contribution in [3.8, 4) is 0 Å². The van der Waals surface area contributed by atoms with Crippen molar-refractivity contribution in [1.29, 1.82) is 0 Å². The van der Waals surface area contributed by atoms with Crippen LogP contribution in [0.15, 0.2) is 54.6 Å². The standard InChI is InChI=1S/C16H18FNO/c17-15-8-6-14(7-9-15)11-18-16(12-19)10-13-4-2-1-3-5-13/h1-9,16,18-19H,10-12H2/t16-/m0/s1. The minimum absolute atomic E-state index is 0.00690. The summed E-state index contributed by atoms with van der Waals surface area (Å²) in [6.45, 7) is 0.703. The van der Waals surface area contributed by atoms with Crippen LogP contribution >= 0.6 is 0 Å². The van der Waals surface area contributed by atoms with Gasteiger partial charge in [0.25, 0.3) is 0 Å². The van der Waals surface area contributed by atoms with Crippen molar-refractivity contribution in [3.63, 3.8) is 0 Å². The molecule has 2 N–H and O–H groups in total. The van der Waals surface area contributed by atoms with Crippen molar-refractivity contribution in [2.45, 2.75) is 19.0 Å². The Labute approximate surface area is 112 Å². The van der Waals surface area contributed by atoms with Crippen LogP contribution in [-0.4, -0.2) is 17.8 Å². The van der Waals surface area contributed by atoms with Gasteiger partial charge in [0.15, 0.2) is 0 Å². The highest BCUT2D eigenvalue weighted by Crippen LogP contribution is 2.06. The van der Waals surface area contributed by atoms with Crippen LogP contribution in [0.4, 0.5) is 4.39 Å². The van der Waals surface area contributed by atoms with Crippen molar-refractivity contribution in [2.24, 2.45) is 0 Å². The van der Waals surface area contributed by atoms with E-state index in [-0.39, 0.29) is 18.5 Å². The van der Waals surface area contributed by atoms with Gasteiger partial charge >= 0.3 is 0 Å². The average Bonchev–Trinajstić information content (AvgIpc) is 2.46. The third kappa shape index (κ3) is 4.47. The van der Waals surface area contributed by atoms with Gasteiger partial charge in [-0.05, 0) is 29.7 Å². The fourth-order valence-corrected chi connectivity index (χ4v) is 1.96. The minimum atomic E-state index is -0.230. The van der Waals surface area contributed by atoms with Crippen LogP contribution in [0, 0.1) is 5.82 Å². The monoisotopic (exact) mass is 259 g/mol. The molecule has 0 spiro atoms. The van der Waals surface area contributed by atoms with Gasteiger partial charge in [0.05, 0.1) is 6.61 Å². The smallest absolute Gasteiger partial charge is 0.123 e. The Bertz CT molecular complexity index is 484. The summed E-state index contributed by atoms with van der Waals surface area (Å²) in [6, 6.07) is 16.4. The molecule has 0 unspecified atom stereocenters. The molecule has 2 nitrogen and oxygen atoms in total. The first-order valence-corrected chi connectivity index (χ1v) is 6.40. The second-order valence-corrected chi connectivity index (χ2v) is 4.58. The maximum absolute atomic E-state index is 12.8. The van der Waals surface area contributed by atoms with Crippen LogP contribution in [0.2, 0.25) is 0 Å². The van der Waals surface area contributed by atoms with E-state index in [2.05, 4.69) is 5.32 Å². The number of hydrogen-bond acceptors (Lipinski definition) is 2. The Balaban J connectivity index is 1.87. The quantitative estimate of drug-likeness (QED) is 0.835. The molecule has 0 saturated heterocycles. The Hall–Kier alpha value is -1.71. The van der Waals surface area contributed by atoms with E-state index in [1.165, 1.54) is 17.7 Å². The highest BCUT2D eigenvalue weighted by molar-refractivity contribution is 5.17. The molecule has 0 aliphatic heterocycles. The van der Waals surface area contributed by atoms with E-state index in [0.717, 1.165) is 12.0 Å². The molecule has 0 heterocycles. The van der Waals surface area contributed by atoms with E-state index in [1.54, 1.807) is 12.1 Å². The lowest BCUT2D eigenvalue weighted by Crippen LogP contribution is -2.34. The van der Waals surface area contributed by atoms with Gasteiger partial charge in [0.2, 0.25) is 0 Å². The zero-order chi connectivity index (χ0) is 13.5. The van der Waals surface area contributed by atoms with Gasteiger partial charge in [-0.3, -0.25) is 0 Å². The van der Waals surface area contributed by atoms with Crippen LogP contribution in [0.1, 0.15) is 11.1 Å². The summed E-state index contributed by atoms with van der Waals surface area (Å²) in [7, 11) is 0. The number of rotatable bonds is 6. The molecule has 19 heavy (non-hydrogen) atoms. The average molecular weight is 259 g/mol. The van der Waals surface area contributed by atoms with Crippen LogP contribution < -0.4 is 5.32 Å². The first-order valence-electron chi connectivity index (χ1n) is 6.40. The van der Waals surface area contributed by atoms with Gasteiger partial charge in [0, 0.05) is 12.6 Å². The molecule has 0 saturated carbocycles. The Morgan fingerprint density at radius 1 is 0.947 bits per heavy atom. The van der Waals surface area contributed by atoms with Gasteiger partial charge in [-0.25, -0.2) is 4.39 Å². The summed E-state index contributed by atoms with van der Waals surface area (Å²) in [5.41, 5.74) is 2.20. The van der Waals surface area contributed by atoms with E-state index in [1.807, 2.05) is 30.3 Å². The van der Waals surface area contributed by atoms with Crippen LogP contribution in [0.5, 0.6) is 0 Å². The van der Waals surface area contributed by atoms with Crippen molar-refractivity contribution in [2.75, 3.05) is 6.61 Å². The van der Waals surface area contributed by atoms with Gasteiger partial charge < -0.3 is 10.4 Å². The Morgan fingerprint density at radius 2 is 1.63 bits per heavy atom. The second-order valence-electron chi connectivity index (χ2n) is 4.58. The van der Waals surface area contributed by atoms with Crippen LogP contribution in [-0.2, 0) is 13.0 Å². The summed E-state index contributed by atoms with van der Waals surface area (Å²) in [5.74, 6) is -0.230. The van der Waals surface area contributed by atoms with Crippen molar-refractivity contribution >= 4 is 0 Å². The maximum atomic E-state index is 12.8. The third-order valence-corrected chi connectivity index (χ3v) is 3.05. The van der Waals surface area contributed by atoms with Gasteiger partial charge in [-0.2, -0.15) is 0 Å². The van der Waals surface area contributed by atoms with Gasteiger partial charge in [-0.1, -0.05) is 42.5 Å². The Morgan fingerprint density at radius 3 is 2.26 bits per heavy atom. The Kier molecular flexibility index (Phi) is 5.07. The van der Waals surface area contributed by atoms with Gasteiger partial charge in [0.1, 0.15) is 5.82 Å². The molecule has 0 aliphatic carbocycles. The number of aliphatic hydroxyl groups is 1. The minimum Gasteiger partial charge on any atom is -0.395 e. The number of aliphatic hydroxyl groups excluding tert-OH is 1. The molecule has 0 fully saturated rings. The molecule has 0 aliphatic rings. The van der Waals surface area contributed by atoms with E-state index >= 15 is 0 Å². The van der Waals surface area contributed by atoms with Crippen LogP contribution in [0.3, 0.4) is 0 Å². The lowest BCUT2D eigenvalue weighted by Gasteiger charge is -2.16. The lowest BCUT2D eigenvalue weighted by atomic mass is 10.1. The molecule has 0 amide bonds. The molecule has 100 valence electrons. The number of nitrogens with one attached hydrogen (secondary N) is 1. The summed E-state index contributed by atoms with van der Waals surface area (Å²) < 4.78 is 12.8. The molecule has 2 aromatic rings. The largest absolute Gasteiger partial charge is 0.395 e. The molecule has 0 radical (unpaired) electrons. The van der Waals surface area contributed by atoms with Crippen LogP contribution in [0.25, 0.3) is 0 Å². The first kappa shape index (κ1) is 13.7. The molecule has 1 atom stereocenters. The molecule has 0 bridgehead atoms. The van der Waals surface area contributed by atoms with E-state index in [4.69, 9.17) is 0 Å². The molecule has 2 aromatic carbocycles. The first-order chi connectivity index (χ1) is 9.28. The summed E-state index contributed by atoms with van der Waals surface area (Å²) >= 11 is 0. The zero-order valence-electron chi connectivity index (χ0n) is 10.7. The van der Waals surface area contributed by atoms with E-state index < -0.39 is 0 Å². The number of halogens is 1. The SMILES string of the molecule is OC[C@H](Cc1ccccc1)NCc1ccc(F)cc1. The molecular formula is C16H18FNO. The fourth-order valence-electron chi connectivity index (χ4n) is 1.96. The molecule has 2 rings (SSSR count). The van der Waals surface area contributed by atoms with Crippen molar-refractivity contribution in [1.82, 2.24) is 5.32 Å². The maximum Gasteiger partial charge on any atom is 0.123 e. The molecule has 3 heteroatoms. The van der Waals surface area contributed by atoms with E-state index in [9.17, 15) is 9.50 Å². The second kappa shape index (κ2) is 7.02. The summed E-state index contributed by atoms with van der Waals surface area (Å²) in [6.07, 6.45) is 0.776. The number of hydrogen-bond donors (Lipinski definition) is 2. The normalized spacial score (nSPS) is 12.3. The number of benzene rings is 2. The topological polar surface area (TPSA) is 32.3 Å². The summed E-state index contributed by atoms with van der Waals surface area (Å²) in [4.78, 5) is 0. The highest BCUT2D eigenvalue weighted by atomic mass is 19.1. The molecule has 0 aromatic heterocycles. The summed E-state index contributed by atoms with van der Waals surface area (Å²) in [5, 5.41) is 12.7. The fraction of sp³-hybridized carbons (Fsp3) is 0.250. The third-order valence-electron chi connectivity index (χ3n) is 3.05. The predicted molar refractivity (Wildman–Crippen MR) is 74.3 cm³/mol. The highest BCUT2D eigenvalue weighted by Gasteiger charge is 2.07. The lowest BCUT2D eigenvalue weighted by molar-refractivity contribution is 0.241. The van der Waals surface area contributed by atoms with Crippen molar-refractivity contribution in [3.05, 3.63) is 71.5 Å². The predicted octanol–water partition coefficient (Wildman–Crippen LogP) is 2.52. The van der Waals surface area contributed by atoms with E-state index in [0.29, 0.717) is 6.54 Å².